The third-order valence-corrected chi connectivity index (χ3v) is 17.4. The molecule has 0 N–H and O–H groups in total. The minimum atomic E-state index is 0.925. The van der Waals surface area contributed by atoms with Crippen LogP contribution in [0.1, 0.15) is 222 Å². The zero-order chi connectivity index (χ0) is 36.2. The van der Waals surface area contributed by atoms with Gasteiger partial charge in [-0.1, -0.05) is 170 Å². The van der Waals surface area contributed by atoms with E-state index < -0.39 is 0 Å². The van der Waals surface area contributed by atoms with Crippen molar-refractivity contribution >= 4 is 0 Å². The van der Waals surface area contributed by atoms with E-state index in [4.69, 9.17) is 0 Å². The van der Waals surface area contributed by atoms with Crippen molar-refractivity contribution in [3.63, 3.8) is 0 Å². The van der Waals surface area contributed by atoms with Crippen LogP contribution in [0.15, 0.2) is 12.2 Å². The molecule has 0 radical (unpaired) electrons. The molecule has 6 aliphatic carbocycles. The molecule has 296 valence electrons. The molecule has 5 fully saturated rings. The third-order valence-electron chi connectivity index (χ3n) is 17.4. The molecule has 6 rings (SSSR count). The zero-order valence-electron chi connectivity index (χ0n) is 35.9. The van der Waals surface area contributed by atoms with Gasteiger partial charge in [-0.3, -0.25) is 0 Å². The summed E-state index contributed by atoms with van der Waals surface area (Å²) in [4.78, 5) is 0. The van der Waals surface area contributed by atoms with Gasteiger partial charge >= 0.3 is 0 Å². The first-order valence-electron chi connectivity index (χ1n) is 24.6. The van der Waals surface area contributed by atoms with Gasteiger partial charge in [-0.25, -0.2) is 0 Å². The van der Waals surface area contributed by atoms with Crippen molar-refractivity contribution in [2.45, 2.75) is 222 Å². The Bertz CT molecular complexity index is 961. The number of hydrogen-bond acceptors (Lipinski definition) is 0. The van der Waals surface area contributed by atoms with E-state index in [2.05, 4.69) is 60.6 Å². The van der Waals surface area contributed by atoms with E-state index in [1.165, 1.54) is 116 Å². The topological polar surface area (TPSA) is 0 Å². The van der Waals surface area contributed by atoms with Crippen molar-refractivity contribution in [3.8, 4) is 0 Å². The summed E-state index contributed by atoms with van der Waals surface area (Å²) in [5, 5.41) is 0. The quantitative estimate of drug-likeness (QED) is 0.0959. The summed E-state index contributed by atoms with van der Waals surface area (Å²) in [6, 6.07) is 0. The minimum absolute atomic E-state index is 0.925. The van der Waals surface area contributed by atoms with Gasteiger partial charge in [0, 0.05) is 0 Å². The van der Waals surface area contributed by atoms with Crippen molar-refractivity contribution in [3.05, 3.63) is 12.2 Å². The average Bonchev–Trinajstić information content (AvgIpc) is 3.50. The summed E-state index contributed by atoms with van der Waals surface area (Å²) < 4.78 is 0. The first kappa shape index (κ1) is 41.9. The second-order valence-corrected chi connectivity index (χ2v) is 20.5. The van der Waals surface area contributed by atoms with Gasteiger partial charge in [-0.05, 0) is 153 Å². The first-order valence-corrected chi connectivity index (χ1v) is 24.6. The summed E-state index contributed by atoms with van der Waals surface area (Å²) in [6.45, 7) is 17.2. The fourth-order valence-electron chi connectivity index (χ4n) is 14.9. The predicted molar refractivity (Wildman–Crippen MR) is 226 cm³/mol. The molecule has 0 aromatic heterocycles. The maximum absolute atomic E-state index is 2.86. The molecule has 0 aromatic rings. The number of fused-ring (bicyclic) bond motifs is 2. The zero-order valence-corrected chi connectivity index (χ0v) is 35.9. The van der Waals surface area contributed by atoms with E-state index in [0.29, 0.717) is 0 Å². The molecule has 0 bridgehead atoms. The maximum atomic E-state index is 2.86. The van der Waals surface area contributed by atoms with Crippen LogP contribution in [-0.2, 0) is 0 Å². The molecule has 0 heterocycles. The molecule has 0 spiro atoms. The normalized spacial score (nSPS) is 41.9. The van der Waals surface area contributed by atoms with Crippen LogP contribution < -0.4 is 0 Å². The van der Waals surface area contributed by atoms with E-state index in [1.54, 1.807) is 57.8 Å². The van der Waals surface area contributed by atoms with Crippen molar-refractivity contribution in [1.82, 2.24) is 0 Å². The molecule has 0 saturated heterocycles. The van der Waals surface area contributed by atoms with Crippen LogP contribution in [0.3, 0.4) is 0 Å². The molecule has 0 heteroatoms. The lowest BCUT2D eigenvalue weighted by Gasteiger charge is -2.60. The lowest BCUT2D eigenvalue weighted by Crippen LogP contribution is -2.53. The molecule has 0 aliphatic heterocycles. The highest BCUT2D eigenvalue weighted by Crippen LogP contribution is 2.62. The molecule has 51 heavy (non-hydrogen) atoms. The van der Waals surface area contributed by atoms with Gasteiger partial charge in [0.05, 0.1) is 0 Å². The standard InChI is InChI=1S/C38H66.C13H26/c1-5-8-9-17-30-25-27(4)16-14-22-32(30)38-35-20-12-10-18-33(35)37(34-19-11-13-21-36(34)38)31-24-23-29(15-6-2)28(7-3)26-31;1-4-5-6-8-11(2)13-10-7-9-12(13)3/h12,20,27-38H,5-11,13-19,21-26H2,1-4H3;11-13H,4-10H2,1-3H3. The van der Waals surface area contributed by atoms with Gasteiger partial charge in [-0.2, -0.15) is 0 Å². The SMILES string of the molecule is CCCCCC(C)C1CCCC1C.CCCCCC1CC(C)CCCC1C1C2C=CCCC2C(C2CCC(CCC)C(CC)C2)C2CCCCC21. The van der Waals surface area contributed by atoms with Crippen LogP contribution in [0.4, 0.5) is 0 Å². The van der Waals surface area contributed by atoms with Crippen LogP contribution in [0.2, 0.25) is 0 Å². The number of rotatable bonds is 14. The summed E-state index contributed by atoms with van der Waals surface area (Å²) >= 11 is 0. The Morgan fingerprint density at radius 2 is 1.29 bits per heavy atom. The van der Waals surface area contributed by atoms with Gasteiger partial charge in [-0.15, -0.1) is 0 Å². The van der Waals surface area contributed by atoms with Crippen LogP contribution >= 0.6 is 0 Å². The Morgan fingerprint density at radius 3 is 2.00 bits per heavy atom. The highest BCUT2D eigenvalue weighted by Gasteiger charge is 2.55. The second kappa shape index (κ2) is 21.7. The van der Waals surface area contributed by atoms with Gasteiger partial charge < -0.3 is 0 Å². The van der Waals surface area contributed by atoms with Gasteiger partial charge in [0.15, 0.2) is 0 Å². The molecule has 6 aliphatic rings. The van der Waals surface area contributed by atoms with E-state index >= 15 is 0 Å². The predicted octanol–water partition coefficient (Wildman–Crippen LogP) is 16.5. The van der Waals surface area contributed by atoms with Crippen molar-refractivity contribution in [1.29, 1.82) is 0 Å². The Morgan fingerprint density at radius 1 is 0.569 bits per heavy atom. The Labute approximate surface area is 321 Å². The van der Waals surface area contributed by atoms with Crippen molar-refractivity contribution in [2.75, 3.05) is 0 Å². The summed E-state index contributed by atoms with van der Waals surface area (Å²) in [5.41, 5.74) is 0. The van der Waals surface area contributed by atoms with Crippen molar-refractivity contribution in [2.24, 2.45) is 88.8 Å². The third kappa shape index (κ3) is 11.0. The molecule has 15 atom stereocenters. The fourth-order valence-corrected chi connectivity index (χ4v) is 14.9. The highest BCUT2D eigenvalue weighted by atomic mass is 14.6. The summed E-state index contributed by atoms with van der Waals surface area (Å²) in [7, 11) is 0. The van der Waals surface area contributed by atoms with E-state index in [9.17, 15) is 0 Å². The fraction of sp³-hybridized carbons (Fsp3) is 0.961. The van der Waals surface area contributed by atoms with Crippen LogP contribution in [-0.4, -0.2) is 0 Å². The molecular formula is C51H92. The summed E-state index contributed by atoms with van der Waals surface area (Å²) in [5.74, 6) is 15.3. The average molecular weight is 705 g/mol. The number of hydrogen-bond donors (Lipinski definition) is 0. The molecule has 15 unspecified atom stereocenters. The van der Waals surface area contributed by atoms with Crippen molar-refractivity contribution < 1.29 is 0 Å². The second-order valence-electron chi connectivity index (χ2n) is 20.5. The summed E-state index contributed by atoms with van der Waals surface area (Å²) in [6.07, 6.45) is 46.0. The Balaban J connectivity index is 0.000000328. The van der Waals surface area contributed by atoms with Gasteiger partial charge in [0.2, 0.25) is 0 Å². The van der Waals surface area contributed by atoms with Crippen LogP contribution in [0, 0.1) is 88.8 Å². The lowest BCUT2D eigenvalue weighted by atomic mass is 9.45. The highest BCUT2D eigenvalue weighted by molar-refractivity contribution is 5.11. The number of unbranched alkanes of at least 4 members (excludes halogenated alkanes) is 4. The lowest BCUT2D eigenvalue weighted by molar-refractivity contribution is -0.0987. The van der Waals surface area contributed by atoms with Gasteiger partial charge in [0.25, 0.3) is 0 Å². The first-order chi connectivity index (χ1) is 24.9. The van der Waals surface area contributed by atoms with E-state index in [1.807, 2.05) is 0 Å². The van der Waals surface area contributed by atoms with Crippen LogP contribution in [0.5, 0.6) is 0 Å². The molecule has 0 nitrogen and oxygen atoms in total. The molecule has 5 saturated carbocycles. The molecular weight excluding hydrogens is 613 g/mol. The van der Waals surface area contributed by atoms with E-state index in [0.717, 1.165) is 88.8 Å². The monoisotopic (exact) mass is 705 g/mol. The van der Waals surface area contributed by atoms with E-state index in [-0.39, 0.29) is 0 Å². The number of allylic oxidation sites excluding steroid dienone is 2. The van der Waals surface area contributed by atoms with Crippen LogP contribution in [0.25, 0.3) is 0 Å². The smallest absolute Gasteiger partial charge is 0.0168 e. The van der Waals surface area contributed by atoms with Gasteiger partial charge in [0.1, 0.15) is 0 Å². The molecule has 0 aromatic carbocycles. The molecule has 0 amide bonds. The largest absolute Gasteiger partial charge is 0.0882 e. The Kier molecular flexibility index (Phi) is 17.9. The minimum Gasteiger partial charge on any atom is -0.0882 e. The Hall–Kier alpha value is -0.260. The maximum Gasteiger partial charge on any atom is -0.0168 e.